The lowest BCUT2D eigenvalue weighted by molar-refractivity contribution is -0.0221. The number of hydrazone groups is 1. The van der Waals surface area contributed by atoms with Crippen LogP contribution in [-0.2, 0) is 4.74 Å². The summed E-state index contributed by atoms with van der Waals surface area (Å²) in [6.45, 7) is -0.436. The van der Waals surface area contributed by atoms with Gasteiger partial charge in [0, 0.05) is 25.5 Å². The van der Waals surface area contributed by atoms with Gasteiger partial charge in [0.1, 0.15) is 23.8 Å². The van der Waals surface area contributed by atoms with E-state index in [0.717, 1.165) is 0 Å². The van der Waals surface area contributed by atoms with Crippen LogP contribution < -0.4 is 4.90 Å². The molecule has 1 aromatic carbocycles. The van der Waals surface area contributed by atoms with E-state index in [4.69, 9.17) is 39.5 Å². The zero-order valence-electron chi connectivity index (χ0n) is 14.0. The van der Waals surface area contributed by atoms with Crippen LogP contribution in [-0.4, -0.2) is 76.9 Å². The van der Waals surface area contributed by atoms with E-state index in [0.29, 0.717) is 26.9 Å². The molecule has 0 bridgehead atoms. The van der Waals surface area contributed by atoms with Crippen LogP contribution in [0.4, 0.5) is 5.69 Å². The summed E-state index contributed by atoms with van der Waals surface area (Å²) in [4.78, 5) is 1.57. The van der Waals surface area contributed by atoms with E-state index in [9.17, 15) is 15.3 Å². The van der Waals surface area contributed by atoms with Gasteiger partial charge in [0.05, 0.1) is 27.9 Å². The SMILES string of the molecule is CN(C)N=C=C1c2cc(Cl)c(Cl)cc2N([C@@H]2O[C@H](CO)[C@@H](O)[C@H]2O)C1Cl. The Hall–Kier alpha value is -1.02. The molecule has 0 aromatic heterocycles. The van der Waals surface area contributed by atoms with Crippen molar-refractivity contribution in [3.05, 3.63) is 27.7 Å². The van der Waals surface area contributed by atoms with Gasteiger partial charge in [-0.15, -0.1) is 5.10 Å². The Labute approximate surface area is 165 Å². The molecule has 1 saturated heterocycles. The fraction of sp³-hybridized carbons (Fsp3) is 0.500. The number of ether oxygens (including phenoxy) is 1. The van der Waals surface area contributed by atoms with Crippen molar-refractivity contribution in [3.63, 3.8) is 0 Å². The minimum atomic E-state index is -1.28. The number of anilines is 1. The van der Waals surface area contributed by atoms with Crippen LogP contribution >= 0.6 is 34.8 Å². The van der Waals surface area contributed by atoms with Crippen molar-refractivity contribution >= 4 is 51.9 Å². The Kier molecular flexibility index (Phi) is 5.72. The van der Waals surface area contributed by atoms with Crippen molar-refractivity contribution < 1.29 is 20.1 Å². The third-order valence-electron chi connectivity index (χ3n) is 4.25. The molecule has 3 N–H and O–H groups in total. The van der Waals surface area contributed by atoms with E-state index >= 15 is 0 Å². The van der Waals surface area contributed by atoms with Gasteiger partial charge >= 0.3 is 0 Å². The minimum Gasteiger partial charge on any atom is -0.394 e. The van der Waals surface area contributed by atoms with E-state index in [1.807, 2.05) is 0 Å². The van der Waals surface area contributed by atoms with E-state index in [2.05, 4.69) is 11.0 Å². The summed E-state index contributed by atoms with van der Waals surface area (Å²) in [5, 5.41) is 36.1. The first-order valence-corrected chi connectivity index (χ1v) is 9.00. The third kappa shape index (κ3) is 3.30. The lowest BCUT2D eigenvalue weighted by Crippen LogP contribution is -2.46. The molecule has 142 valence electrons. The number of hydrogen-bond donors (Lipinski definition) is 3. The highest BCUT2D eigenvalue weighted by Crippen LogP contribution is 2.47. The largest absolute Gasteiger partial charge is 0.394 e. The molecular formula is C16H18Cl3N3O4. The van der Waals surface area contributed by atoms with E-state index in [1.165, 1.54) is 0 Å². The predicted octanol–water partition coefficient (Wildman–Crippen LogP) is 1.35. The first kappa shape index (κ1) is 19.7. The fourth-order valence-electron chi connectivity index (χ4n) is 3.00. The van der Waals surface area contributed by atoms with Gasteiger partial charge in [0.25, 0.3) is 0 Å². The summed E-state index contributed by atoms with van der Waals surface area (Å²) in [5.74, 6) is 2.88. The molecule has 3 rings (SSSR count). The van der Waals surface area contributed by atoms with Gasteiger partial charge in [-0.1, -0.05) is 34.8 Å². The van der Waals surface area contributed by atoms with E-state index < -0.39 is 36.6 Å². The fourth-order valence-corrected chi connectivity index (χ4v) is 3.70. The third-order valence-corrected chi connectivity index (χ3v) is 5.40. The lowest BCUT2D eigenvalue weighted by Gasteiger charge is -2.31. The molecule has 7 nitrogen and oxygen atoms in total. The highest BCUT2D eigenvalue weighted by atomic mass is 35.5. The van der Waals surface area contributed by atoms with Gasteiger partial charge in [0.2, 0.25) is 0 Å². The maximum atomic E-state index is 10.4. The molecule has 0 radical (unpaired) electrons. The van der Waals surface area contributed by atoms with Crippen molar-refractivity contribution in [1.29, 1.82) is 0 Å². The van der Waals surface area contributed by atoms with Gasteiger partial charge in [-0.2, -0.15) is 0 Å². The normalized spacial score (nSPS) is 30.4. The molecule has 5 atom stereocenters. The average molecular weight is 423 g/mol. The number of halogens is 3. The van der Waals surface area contributed by atoms with E-state index in [-0.39, 0.29) is 0 Å². The van der Waals surface area contributed by atoms with E-state index in [1.54, 1.807) is 36.1 Å². The highest BCUT2D eigenvalue weighted by Gasteiger charge is 2.50. The molecule has 0 saturated carbocycles. The first-order valence-electron chi connectivity index (χ1n) is 7.81. The molecular weight excluding hydrogens is 405 g/mol. The first-order chi connectivity index (χ1) is 12.3. The molecule has 1 aromatic rings. The molecule has 2 aliphatic rings. The zero-order chi connectivity index (χ0) is 19.2. The van der Waals surface area contributed by atoms with Crippen LogP contribution in [0.3, 0.4) is 0 Å². The lowest BCUT2D eigenvalue weighted by atomic mass is 10.1. The number of benzene rings is 1. The number of hydrogen-bond acceptors (Lipinski definition) is 7. The molecule has 1 unspecified atom stereocenters. The molecule has 10 heteroatoms. The number of rotatable bonds is 3. The van der Waals surface area contributed by atoms with Gasteiger partial charge in [-0.05, 0) is 12.1 Å². The molecule has 2 heterocycles. The van der Waals surface area contributed by atoms with Crippen molar-refractivity contribution in [1.82, 2.24) is 5.01 Å². The molecule has 0 amide bonds. The summed E-state index contributed by atoms with van der Waals surface area (Å²) in [6.07, 6.45) is -4.43. The molecule has 0 spiro atoms. The van der Waals surface area contributed by atoms with Gasteiger partial charge < -0.3 is 25.0 Å². The summed E-state index contributed by atoms with van der Waals surface area (Å²) in [7, 11) is 3.48. The monoisotopic (exact) mass is 421 g/mol. The standard InChI is InChI=1S/C16H18Cl3N3O4/c1-21(2)20-5-8-7-3-9(17)10(18)4-11(7)22(15(8)19)16-14(25)13(24)12(6-23)26-16/h3-4,12-16,23-25H,6H2,1-2H3/t12-,13-,14-,15?,16-/m1/s1. The average Bonchev–Trinajstić information content (AvgIpc) is 3.00. The molecule has 1 fully saturated rings. The van der Waals surface area contributed by atoms with Crippen molar-refractivity contribution in [2.75, 3.05) is 25.6 Å². The maximum absolute atomic E-state index is 10.4. The smallest absolute Gasteiger partial charge is 0.161 e. The number of nitrogens with zero attached hydrogens (tertiary/aromatic N) is 3. The number of aliphatic hydroxyl groups excluding tert-OH is 3. The second-order valence-corrected chi connectivity index (χ2v) is 7.46. The second kappa shape index (κ2) is 7.54. The minimum absolute atomic E-state index is 0.303. The quantitative estimate of drug-likeness (QED) is 0.295. The van der Waals surface area contributed by atoms with Crippen LogP contribution in [0.5, 0.6) is 0 Å². The summed E-state index contributed by atoms with van der Waals surface area (Å²) in [5.41, 5.74) is 0.924. The van der Waals surface area contributed by atoms with Crippen molar-refractivity contribution in [2.45, 2.75) is 30.0 Å². The number of aliphatic hydroxyl groups is 3. The molecule has 2 aliphatic heterocycles. The maximum Gasteiger partial charge on any atom is 0.161 e. The van der Waals surface area contributed by atoms with Crippen LogP contribution in [0.2, 0.25) is 10.0 Å². The second-order valence-electron chi connectivity index (χ2n) is 6.23. The number of alkyl halides is 1. The molecule has 26 heavy (non-hydrogen) atoms. The topological polar surface area (TPSA) is 88.8 Å². The highest BCUT2D eigenvalue weighted by molar-refractivity contribution is 6.43. The van der Waals surface area contributed by atoms with Gasteiger partial charge in [-0.3, -0.25) is 5.01 Å². The number of fused-ring (bicyclic) bond motifs is 1. The van der Waals surface area contributed by atoms with Crippen LogP contribution in [0.25, 0.3) is 5.57 Å². The predicted molar refractivity (Wildman–Crippen MR) is 101 cm³/mol. The Morgan fingerprint density at radius 2 is 1.88 bits per heavy atom. The van der Waals surface area contributed by atoms with Crippen LogP contribution in [0, 0.1) is 0 Å². The Bertz CT molecular complexity index is 769. The van der Waals surface area contributed by atoms with Crippen LogP contribution in [0.1, 0.15) is 5.56 Å². The summed E-state index contributed by atoms with van der Waals surface area (Å²) >= 11 is 18.9. The Morgan fingerprint density at radius 1 is 1.23 bits per heavy atom. The van der Waals surface area contributed by atoms with Gasteiger partial charge in [-0.25, -0.2) is 0 Å². The zero-order valence-corrected chi connectivity index (χ0v) is 16.2. The summed E-state index contributed by atoms with van der Waals surface area (Å²) < 4.78 is 5.62. The van der Waals surface area contributed by atoms with Crippen LogP contribution in [0.15, 0.2) is 17.2 Å². The van der Waals surface area contributed by atoms with Gasteiger partial charge in [0.15, 0.2) is 6.23 Å². The Morgan fingerprint density at radius 3 is 2.46 bits per heavy atom. The van der Waals surface area contributed by atoms with Crippen molar-refractivity contribution in [2.24, 2.45) is 5.10 Å². The summed E-state index contributed by atoms with van der Waals surface area (Å²) in [6, 6.07) is 3.25. The van der Waals surface area contributed by atoms with Crippen molar-refractivity contribution in [3.8, 4) is 0 Å². The molecule has 0 aliphatic carbocycles. The Balaban J connectivity index is 2.11.